The van der Waals surface area contributed by atoms with Crippen LogP contribution in [0.4, 0.5) is 0 Å². The number of hydrogen-bond acceptors (Lipinski definition) is 4. The van der Waals surface area contributed by atoms with Gasteiger partial charge in [-0.05, 0) is 26.7 Å². The maximum absolute atomic E-state index is 11.4. The molecule has 5 nitrogen and oxygen atoms in total. The molecule has 0 N–H and O–H groups in total. The van der Waals surface area contributed by atoms with Crippen molar-refractivity contribution in [3.63, 3.8) is 0 Å². The summed E-state index contributed by atoms with van der Waals surface area (Å²) in [4.78, 5) is 0. The fraction of sp³-hybridized carbons (Fsp3) is 0.778. The van der Waals surface area contributed by atoms with E-state index >= 15 is 0 Å². The third-order valence-corrected chi connectivity index (χ3v) is 5.70. The van der Waals surface area contributed by atoms with Gasteiger partial charge in [0.1, 0.15) is 11.6 Å². The Morgan fingerprint density at radius 3 is 2.50 bits per heavy atom. The van der Waals surface area contributed by atoms with E-state index in [4.69, 9.17) is 10.7 Å². The number of aromatic nitrogens is 3. The third kappa shape index (κ3) is 1.84. The minimum absolute atomic E-state index is 0.369. The maximum Gasteiger partial charge on any atom is 0.238 e. The Hall–Kier alpha value is -0.620. The Morgan fingerprint density at radius 1 is 1.44 bits per heavy atom. The van der Waals surface area contributed by atoms with Gasteiger partial charge in [-0.3, -0.25) is 0 Å². The molecule has 1 aliphatic rings. The van der Waals surface area contributed by atoms with Gasteiger partial charge < -0.3 is 4.57 Å². The highest BCUT2D eigenvalue weighted by Crippen LogP contribution is 2.47. The summed E-state index contributed by atoms with van der Waals surface area (Å²) in [6, 6.07) is 0. The average molecular weight is 264 g/mol. The summed E-state index contributed by atoms with van der Waals surface area (Å²) in [6.45, 7) is 4.58. The minimum atomic E-state index is -3.51. The van der Waals surface area contributed by atoms with Crippen molar-refractivity contribution in [1.82, 2.24) is 14.8 Å². The van der Waals surface area contributed by atoms with Crippen LogP contribution in [0.1, 0.15) is 31.4 Å². The molecule has 1 aliphatic carbocycles. The summed E-state index contributed by atoms with van der Waals surface area (Å²) < 4.78 is 24.0. The van der Waals surface area contributed by atoms with Gasteiger partial charge in [0, 0.05) is 23.6 Å². The van der Waals surface area contributed by atoms with Crippen LogP contribution in [0.5, 0.6) is 0 Å². The van der Waals surface area contributed by atoms with Gasteiger partial charge in [-0.25, -0.2) is 8.42 Å². The van der Waals surface area contributed by atoms with E-state index in [2.05, 4.69) is 10.2 Å². The molecule has 0 radical (unpaired) electrons. The zero-order chi connectivity index (χ0) is 12.0. The van der Waals surface area contributed by atoms with Gasteiger partial charge in [-0.1, -0.05) is 0 Å². The number of rotatable bonds is 4. The first-order valence-corrected chi connectivity index (χ1v) is 7.53. The van der Waals surface area contributed by atoms with Crippen LogP contribution in [-0.2, 0) is 22.0 Å². The first-order chi connectivity index (χ1) is 7.39. The Balaban J connectivity index is 2.29. The van der Waals surface area contributed by atoms with Crippen molar-refractivity contribution in [2.45, 2.75) is 44.4 Å². The smallest absolute Gasteiger partial charge is 0.238 e. The van der Waals surface area contributed by atoms with Crippen LogP contribution in [0.2, 0.25) is 0 Å². The Labute approximate surface area is 99.2 Å². The summed E-state index contributed by atoms with van der Waals surface area (Å²) in [7, 11) is 1.94. The summed E-state index contributed by atoms with van der Waals surface area (Å²) in [5, 5.41) is 7.97. The SMILES string of the molecule is CCn1c(C)nnc1CC1(S(=O)(=O)Cl)CC1. The maximum atomic E-state index is 11.4. The molecule has 0 spiro atoms. The van der Waals surface area contributed by atoms with Gasteiger partial charge in [-0.15, -0.1) is 10.2 Å². The topological polar surface area (TPSA) is 64.8 Å². The van der Waals surface area contributed by atoms with Gasteiger partial charge in [0.2, 0.25) is 9.05 Å². The minimum Gasteiger partial charge on any atom is -0.315 e. The highest BCUT2D eigenvalue weighted by atomic mass is 35.7. The molecule has 1 aromatic rings. The second-order valence-corrected chi connectivity index (χ2v) is 7.17. The van der Waals surface area contributed by atoms with Crippen molar-refractivity contribution >= 4 is 19.7 Å². The standard InChI is InChI=1S/C9H14ClN3O2S/c1-3-13-7(2)11-12-8(13)6-9(4-5-9)16(10,14)15/h3-6H2,1-2H3. The molecule has 2 rings (SSSR count). The number of aryl methyl sites for hydroxylation is 1. The van der Waals surface area contributed by atoms with Crippen molar-refractivity contribution in [2.24, 2.45) is 0 Å². The van der Waals surface area contributed by atoms with Gasteiger partial charge in [0.15, 0.2) is 0 Å². The molecular formula is C9H14ClN3O2S. The van der Waals surface area contributed by atoms with E-state index in [-0.39, 0.29) is 0 Å². The first-order valence-electron chi connectivity index (χ1n) is 5.22. The summed E-state index contributed by atoms with van der Waals surface area (Å²) in [6.07, 6.45) is 1.61. The molecule has 1 fully saturated rings. The zero-order valence-electron chi connectivity index (χ0n) is 9.27. The highest BCUT2D eigenvalue weighted by molar-refractivity contribution is 8.15. The van der Waals surface area contributed by atoms with Gasteiger partial charge in [0.25, 0.3) is 0 Å². The molecule has 0 aliphatic heterocycles. The predicted octanol–water partition coefficient (Wildman–Crippen LogP) is 1.25. The van der Waals surface area contributed by atoms with Crippen LogP contribution in [-0.4, -0.2) is 27.9 Å². The molecular weight excluding hydrogens is 250 g/mol. The molecule has 1 heterocycles. The van der Waals surface area contributed by atoms with Crippen LogP contribution in [0.25, 0.3) is 0 Å². The lowest BCUT2D eigenvalue weighted by Gasteiger charge is -2.11. The highest BCUT2D eigenvalue weighted by Gasteiger charge is 2.54. The zero-order valence-corrected chi connectivity index (χ0v) is 10.8. The largest absolute Gasteiger partial charge is 0.315 e. The van der Waals surface area contributed by atoms with Gasteiger partial charge in [-0.2, -0.15) is 0 Å². The molecule has 7 heteroatoms. The van der Waals surface area contributed by atoms with E-state index < -0.39 is 13.8 Å². The van der Waals surface area contributed by atoms with Crippen LogP contribution in [0, 0.1) is 6.92 Å². The summed E-state index contributed by atoms with van der Waals surface area (Å²) in [5.74, 6) is 1.52. The van der Waals surface area contributed by atoms with Gasteiger partial charge in [0.05, 0.1) is 4.75 Å². The van der Waals surface area contributed by atoms with E-state index in [0.717, 1.165) is 12.4 Å². The summed E-state index contributed by atoms with van der Waals surface area (Å²) in [5.41, 5.74) is 0. The predicted molar refractivity (Wildman–Crippen MR) is 60.9 cm³/mol. The van der Waals surface area contributed by atoms with E-state index in [0.29, 0.717) is 25.1 Å². The van der Waals surface area contributed by atoms with E-state index in [1.165, 1.54) is 0 Å². The fourth-order valence-corrected chi connectivity index (χ4v) is 3.42. The van der Waals surface area contributed by atoms with Gasteiger partial charge >= 0.3 is 0 Å². The molecule has 1 aromatic heterocycles. The van der Waals surface area contributed by atoms with E-state index in [9.17, 15) is 8.42 Å². The number of hydrogen-bond donors (Lipinski definition) is 0. The number of halogens is 1. The molecule has 0 bridgehead atoms. The van der Waals surface area contributed by atoms with Crippen molar-refractivity contribution < 1.29 is 8.42 Å². The van der Waals surface area contributed by atoms with Crippen molar-refractivity contribution in [3.8, 4) is 0 Å². The summed E-state index contributed by atoms with van der Waals surface area (Å²) >= 11 is 0. The molecule has 90 valence electrons. The molecule has 0 atom stereocenters. The van der Waals surface area contributed by atoms with Crippen LogP contribution >= 0.6 is 10.7 Å². The van der Waals surface area contributed by atoms with Crippen molar-refractivity contribution in [3.05, 3.63) is 11.6 Å². The lowest BCUT2D eigenvalue weighted by Crippen LogP contribution is -2.23. The molecule has 0 aromatic carbocycles. The van der Waals surface area contributed by atoms with Crippen LogP contribution in [0.15, 0.2) is 0 Å². The lowest BCUT2D eigenvalue weighted by atomic mass is 10.2. The Bertz CT molecular complexity index is 505. The van der Waals surface area contributed by atoms with Crippen LogP contribution < -0.4 is 0 Å². The average Bonchev–Trinajstić information content (AvgIpc) is 2.87. The fourth-order valence-electron chi connectivity index (χ4n) is 1.90. The van der Waals surface area contributed by atoms with E-state index in [1.807, 2.05) is 18.4 Å². The second kappa shape index (κ2) is 3.70. The molecule has 16 heavy (non-hydrogen) atoms. The Kier molecular flexibility index (Phi) is 2.74. The lowest BCUT2D eigenvalue weighted by molar-refractivity contribution is 0.580. The quantitative estimate of drug-likeness (QED) is 0.767. The third-order valence-electron chi connectivity index (χ3n) is 3.13. The molecule has 0 saturated heterocycles. The molecule has 0 unspecified atom stereocenters. The van der Waals surface area contributed by atoms with Crippen LogP contribution in [0.3, 0.4) is 0 Å². The monoisotopic (exact) mass is 263 g/mol. The second-order valence-electron chi connectivity index (χ2n) is 4.21. The van der Waals surface area contributed by atoms with Crippen molar-refractivity contribution in [2.75, 3.05) is 0 Å². The first kappa shape index (κ1) is 11.9. The Morgan fingerprint density at radius 2 is 2.06 bits per heavy atom. The van der Waals surface area contributed by atoms with E-state index in [1.54, 1.807) is 0 Å². The molecule has 0 amide bonds. The normalized spacial score (nSPS) is 18.7. The molecule has 1 saturated carbocycles. The number of nitrogens with zero attached hydrogens (tertiary/aromatic N) is 3. The van der Waals surface area contributed by atoms with Crippen molar-refractivity contribution in [1.29, 1.82) is 0 Å².